The normalized spacial score (nSPS) is 11.8. The molecule has 6 heteroatoms. The van der Waals surface area contributed by atoms with Crippen LogP contribution in [0.25, 0.3) is 0 Å². The van der Waals surface area contributed by atoms with E-state index in [0.29, 0.717) is 0 Å². The molecule has 0 spiro atoms. The number of rotatable bonds is 0. The molecule has 1 aromatic rings. The van der Waals surface area contributed by atoms with E-state index in [-0.39, 0.29) is 10.5 Å². The van der Waals surface area contributed by atoms with Gasteiger partial charge < -0.3 is 5.11 Å². The van der Waals surface area contributed by atoms with Crippen LogP contribution in [-0.4, -0.2) is 5.11 Å². The van der Waals surface area contributed by atoms with Gasteiger partial charge in [0.2, 0.25) is 0 Å². The number of halogens is 5. The second-order valence-corrected chi connectivity index (χ2v) is 3.14. The van der Waals surface area contributed by atoms with Crippen molar-refractivity contribution in [3.05, 3.63) is 28.0 Å². The summed E-state index contributed by atoms with van der Waals surface area (Å²) in [6.45, 7) is 0. The second-order valence-electron chi connectivity index (χ2n) is 2.28. The Labute approximate surface area is 79.1 Å². The Morgan fingerprint density at radius 2 is 1.77 bits per heavy atom. The van der Waals surface area contributed by atoms with E-state index in [9.17, 15) is 17.6 Å². The van der Waals surface area contributed by atoms with E-state index in [1.54, 1.807) is 0 Å². The van der Waals surface area contributed by atoms with Gasteiger partial charge in [0.05, 0.1) is 4.47 Å². The molecule has 0 bridgehead atoms. The van der Waals surface area contributed by atoms with Gasteiger partial charge in [-0.15, -0.1) is 0 Å². The first kappa shape index (κ1) is 10.3. The minimum absolute atomic E-state index is 0.236. The summed E-state index contributed by atoms with van der Waals surface area (Å²) in [4.78, 5) is 0. The van der Waals surface area contributed by atoms with Crippen molar-refractivity contribution in [2.45, 2.75) is 6.18 Å². The third-order valence-electron chi connectivity index (χ3n) is 1.33. The molecule has 0 aromatic heterocycles. The van der Waals surface area contributed by atoms with Crippen LogP contribution in [0.5, 0.6) is 5.75 Å². The van der Waals surface area contributed by atoms with Gasteiger partial charge in [0, 0.05) is 0 Å². The average molecular weight is 259 g/mol. The number of phenolic OH excluding ortho intramolecular Hbond substituents is 1. The molecule has 1 aromatic carbocycles. The third-order valence-corrected chi connectivity index (χ3v) is 1.94. The highest BCUT2D eigenvalue weighted by molar-refractivity contribution is 9.10. The molecule has 1 rings (SSSR count). The minimum atomic E-state index is -4.76. The molecule has 0 saturated heterocycles. The van der Waals surface area contributed by atoms with Crippen LogP contribution >= 0.6 is 15.9 Å². The van der Waals surface area contributed by atoms with Crippen molar-refractivity contribution in [1.29, 1.82) is 0 Å². The lowest BCUT2D eigenvalue weighted by molar-refractivity contribution is -0.139. The lowest BCUT2D eigenvalue weighted by atomic mass is 10.2. The Balaban J connectivity index is 3.37. The summed E-state index contributed by atoms with van der Waals surface area (Å²) < 4.78 is 48.4. The molecule has 0 heterocycles. The molecule has 0 fully saturated rings. The molecule has 0 unspecified atom stereocenters. The van der Waals surface area contributed by atoms with Gasteiger partial charge in [-0.25, -0.2) is 4.39 Å². The average Bonchev–Trinajstić information content (AvgIpc) is 1.94. The molecule has 0 amide bonds. The van der Waals surface area contributed by atoms with Crippen molar-refractivity contribution in [2.75, 3.05) is 0 Å². The highest BCUT2D eigenvalue weighted by Gasteiger charge is 2.35. The predicted molar refractivity (Wildman–Crippen MR) is 40.8 cm³/mol. The van der Waals surface area contributed by atoms with E-state index in [0.717, 1.165) is 6.07 Å². The van der Waals surface area contributed by atoms with Crippen LogP contribution in [0.15, 0.2) is 16.6 Å². The molecule has 0 atom stereocenters. The Kier molecular flexibility index (Phi) is 2.51. The minimum Gasteiger partial charge on any atom is -0.506 e. The predicted octanol–water partition coefficient (Wildman–Crippen LogP) is 3.31. The van der Waals surface area contributed by atoms with Crippen molar-refractivity contribution in [3.63, 3.8) is 0 Å². The lowest BCUT2D eigenvalue weighted by Gasteiger charge is -2.09. The first-order chi connectivity index (χ1) is 5.82. The Bertz CT molecular complexity index is 334. The summed E-state index contributed by atoms with van der Waals surface area (Å²) in [6, 6.07) is 0.991. The zero-order valence-electron chi connectivity index (χ0n) is 5.99. The van der Waals surface area contributed by atoms with Gasteiger partial charge in [0.1, 0.15) is 17.1 Å². The maximum Gasteiger partial charge on any atom is 0.420 e. The highest BCUT2D eigenvalue weighted by Crippen LogP contribution is 2.39. The maximum absolute atomic E-state index is 12.5. The van der Waals surface area contributed by atoms with Crippen molar-refractivity contribution >= 4 is 15.9 Å². The monoisotopic (exact) mass is 258 g/mol. The summed E-state index contributed by atoms with van der Waals surface area (Å²) in [5, 5.41) is 8.92. The standard InChI is InChI=1S/C7H3BrF4O/c8-5-2-3(9)1-4(6(5)13)7(10,11)12/h1-2,13H. The van der Waals surface area contributed by atoms with Gasteiger partial charge in [0.25, 0.3) is 0 Å². The van der Waals surface area contributed by atoms with Crippen molar-refractivity contribution < 1.29 is 22.7 Å². The topological polar surface area (TPSA) is 20.2 Å². The van der Waals surface area contributed by atoms with Crippen molar-refractivity contribution in [1.82, 2.24) is 0 Å². The van der Waals surface area contributed by atoms with Crippen LogP contribution in [0.1, 0.15) is 5.56 Å². The van der Waals surface area contributed by atoms with E-state index in [1.165, 1.54) is 0 Å². The summed E-state index contributed by atoms with van der Waals surface area (Å²) in [5.41, 5.74) is -1.39. The smallest absolute Gasteiger partial charge is 0.420 e. The molecule has 13 heavy (non-hydrogen) atoms. The van der Waals surface area contributed by atoms with Crippen LogP contribution in [0.2, 0.25) is 0 Å². The number of aromatic hydroxyl groups is 1. The fourth-order valence-electron chi connectivity index (χ4n) is 0.782. The molecule has 72 valence electrons. The first-order valence-electron chi connectivity index (χ1n) is 3.07. The number of hydrogen-bond acceptors (Lipinski definition) is 1. The van der Waals surface area contributed by atoms with Crippen molar-refractivity contribution in [2.24, 2.45) is 0 Å². The SMILES string of the molecule is Oc1c(Br)cc(F)cc1C(F)(F)F. The van der Waals surface area contributed by atoms with Gasteiger partial charge in [-0.3, -0.25) is 0 Å². The molecule has 0 saturated carbocycles. The van der Waals surface area contributed by atoms with Crippen LogP contribution < -0.4 is 0 Å². The molecule has 1 N–H and O–H groups in total. The summed E-state index contributed by atoms with van der Waals surface area (Å²) in [6.07, 6.45) is -4.76. The Morgan fingerprint density at radius 1 is 1.23 bits per heavy atom. The molecule has 0 aliphatic carbocycles. The van der Waals surface area contributed by atoms with E-state index in [1.807, 2.05) is 0 Å². The summed E-state index contributed by atoms with van der Waals surface area (Å²) in [5.74, 6) is -2.06. The zero-order chi connectivity index (χ0) is 10.2. The quantitative estimate of drug-likeness (QED) is 0.708. The fourth-order valence-corrected chi connectivity index (χ4v) is 1.21. The molecule has 0 aliphatic heterocycles. The van der Waals surface area contributed by atoms with E-state index in [2.05, 4.69) is 15.9 Å². The van der Waals surface area contributed by atoms with Crippen LogP contribution in [-0.2, 0) is 6.18 Å². The molecular weight excluding hydrogens is 256 g/mol. The number of hydrogen-bond donors (Lipinski definition) is 1. The molecule has 1 nitrogen and oxygen atoms in total. The van der Waals surface area contributed by atoms with Gasteiger partial charge in [-0.05, 0) is 28.1 Å². The fraction of sp³-hybridized carbons (Fsp3) is 0.143. The van der Waals surface area contributed by atoms with Gasteiger partial charge in [0.15, 0.2) is 0 Å². The molecule has 0 aliphatic rings. The van der Waals surface area contributed by atoms with Gasteiger partial charge in [-0.2, -0.15) is 13.2 Å². The lowest BCUT2D eigenvalue weighted by Crippen LogP contribution is -2.06. The van der Waals surface area contributed by atoms with Crippen LogP contribution in [0, 0.1) is 5.82 Å². The largest absolute Gasteiger partial charge is 0.506 e. The van der Waals surface area contributed by atoms with Crippen LogP contribution in [0.3, 0.4) is 0 Å². The summed E-state index contributed by atoms with van der Waals surface area (Å²) in [7, 11) is 0. The zero-order valence-corrected chi connectivity index (χ0v) is 7.58. The Morgan fingerprint density at radius 3 is 2.23 bits per heavy atom. The summed E-state index contributed by atoms with van der Waals surface area (Å²) >= 11 is 2.60. The number of alkyl halides is 3. The maximum atomic E-state index is 12.5. The van der Waals surface area contributed by atoms with Gasteiger partial charge >= 0.3 is 6.18 Å². The molecule has 0 radical (unpaired) electrons. The van der Waals surface area contributed by atoms with Crippen molar-refractivity contribution in [3.8, 4) is 5.75 Å². The van der Waals surface area contributed by atoms with E-state index >= 15 is 0 Å². The second kappa shape index (κ2) is 3.17. The number of phenols is 1. The van der Waals surface area contributed by atoms with E-state index < -0.39 is 23.3 Å². The third kappa shape index (κ3) is 2.12. The Hall–Kier alpha value is -0.780. The highest BCUT2D eigenvalue weighted by atomic mass is 79.9. The van der Waals surface area contributed by atoms with Gasteiger partial charge in [-0.1, -0.05) is 0 Å². The van der Waals surface area contributed by atoms with E-state index in [4.69, 9.17) is 5.11 Å². The number of benzene rings is 1. The first-order valence-corrected chi connectivity index (χ1v) is 3.87. The van der Waals surface area contributed by atoms with Crippen LogP contribution in [0.4, 0.5) is 17.6 Å². The molecular formula is C7H3BrF4O.